The minimum atomic E-state index is -3.34. The van der Waals surface area contributed by atoms with Crippen LogP contribution in [0.4, 0.5) is 5.69 Å². The van der Waals surface area contributed by atoms with Gasteiger partial charge in [0.25, 0.3) is 10.0 Å². The highest BCUT2D eigenvalue weighted by Crippen LogP contribution is 2.10. The van der Waals surface area contributed by atoms with Gasteiger partial charge in [-0.1, -0.05) is 6.92 Å². The molecule has 1 aromatic rings. The zero-order valence-electron chi connectivity index (χ0n) is 7.64. The summed E-state index contributed by atoms with van der Waals surface area (Å²) >= 11 is 0. The number of anilines is 1. The third kappa shape index (κ3) is 1.82. The van der Waals surface area contributed by atoms with Crippen LogP contribution in [0.5, 0.6) is 0 Å². The molecule has 0 saturated heterocycles. The summed E-state index contributed by atoms with van der Waals surface area (Å²) in [6, 6.07) is 0. The van der Waals surface area contributed by atoms with E-state index in [0.717, 1.165) is 4.09 Å². The zero-order valence-corrected chi connectivity index (χ0v) is 8.45. The Morgan fingerprint density at radius 3 is 2.69 bits per heavy atom. The molecule has 0 spiro atoms. The number of aromatic nitrogens is 2. The van der Waals surface area contributed by atoms with Crippen LogP contribution in [0.15, 0.2) is 12.4 Å². The van der Waals surface area contributed by atoms with Gasteiger partial charge in [0, 0.05) is 0 Å². The van der Waals surface area contributed by atoms with Crippen LogP contribution < -0.4 is 5.73 Å². The summed E-state index contributed by atoms with van der Waals surface area (Å²) in [6.07, 6.45) is 3.18. The Hall–Kier alpha value is -1.04. The number of hydrogen-bond acceptors (Lipinski definition) is 4. The normalized spacial score (nSPS) is 14.3. The van der Waals surface area contributed by atoms with Crippen LogP contribution in [-0.4, -0.2) is 22.9 Å². The molecule has 5 nitrogen and oxygen atoms in total. The molecule has 1 heterocycles. The van der Waals surface area contributed by atoms with E-state index in [9.17, 15) is 8.42 Å². The lowest BCUT2D eigenvalue weighted by Crippen LogP contribution is -2.24. The minimum Gasteiger partial charge on any atom is -0.396 e. The first kappa shape index (κ1) is 10.0. The van der Waals surface area contributed by atoms with Crippen molar-refractivity contribution in [2.24, 2.45) is 0 Å². The molecule has 1 atom stereocenters. The lowest BCUT2D eigenvalue weighted by Gasteiger charge is -2.09. The first-order chi connectivity index (χ1) is 5.98. The molecule has 0 aliphatic carbocycles. The van der Waals surface area contributed by atoms with Crippen molar-refractivity contribution < 1.29 is 8.42 Å². The Labute approximate surface area is 77.6 Å². The monoisotopic (exact) mass is 203 g/mol. The van der Waals surface area contributed by atoms with E-state index < -0.39 is 15.3 Å². The van der Waals surface area contributed by atoms with Gasteiger partial charge in [0.15, 0.2) is 0 Å². The molecule has 2 N–H and O–H groups in total. The van der Waals surface area contributed by atoms with Gasteiger partial charge in [0.05, 0.1) is 23.3 Å². The van der Waals surface area contributed by atoms with Gasteiger partial charge < -0.3 is 5.73 Å². The fourth-order valence-electron chi connectivity index (χ4n) is 0.852. The van der Waals surface area contributed by atoms with Crippen molar-refractivity contribution in [1.82, 2.24) is 9.19 Å². The molecule has 0 aromatic carbocycles. The van der Waals surface area contributed by atoms with Gasteiger partial charge >= 0.3 is 0 Å². The van der Waals surface area contributed by atoms with Crippen LogP contribution in [0.2, 0.25) is 0 Å². The third-order valence-corrected chi connectivity index (χ3v) is 4.00. The Bertz CT molecular complexity index is 382. The summed E-state index contributed by atoms with van der Waals surface area (Å²) in [5.74, 6) is 0. The van der Waals surface area contributed by atoms with Crippen LogP contribution in [0.1, 0.15) is 20.3 Å². The van der Waals surface area contributed by atoms with Crippen molar-refractivity contribution in [2.75, 3.05) is 5.73 Å². The predicted octanol–water partition coefficient (Wildman–Crippen LogP) is 0.442. The van der Waals surface area contributed by atoms with Gasteiger partial charge in [-0.3, -0.25) is 0 Å². The molecule has 6 heteroatoms. The van der Waals surface area contributed by atoms with E-state index in [1.165, 1.54) is 12.4 Å². The van der Waals surface area contributed by atoms with Crippen molar-refractivity contribution in [3.05, 3.63) is 12.4 Å². The zero-order chi connectivity index (χ0) is 10.1. The highest BCUT2D eigenvalue weighted by Gasteiger charge is 2.21. The second-order valence-electron chi connectivity index (χ2n) is 2.91. The summed E-state index contributed by atoms with van der Waals surface area (Å²) < 4.78 is 24.2. The van der Waals surface area contributed by atoms with Crippen molar-refractivity contribution in [3.63, 3.8) is 0 Å². The quantitative estimate of drug-likeness (QED) is 0.773. The molecule has 0 bridgehead atoms. The fraction of sp³-hybridized carbons (Fsp3) is 0.571. The fourth-order valence-corrected chi connectivity index (χ4v) is 2.09. The number of nitrogen functional groups attached to an aromatic ring is 1. The molecule has 1 unspecified atom stereocenters. The van der Waals surface area contributed by atoms with Crippen molar-refractivity contribution >= 4 is 15.7 Å². The van der Waals surface area contributed by atoms with E-state index in [1.807, 2.05) is 6.92 Å². The lowest BCUT2D eigenvalue weighted by molar-refractivity contribution is 0.564. The van der Waals surface area contributed by atoms with Gasteiger partial charge in [-0.2, -0.15) is 9.19 Å². The van der Waals surface area contributed by atoms with E-state index in [0.29, 0.717) is 12.1 Å². The summed E-state index contributed by atoms with van der Waals surface area (Å²) in [6.45, 7) is 3.46. The number of hydrogen-bond donors (Lipinski definition) is 1. The van der Waals surface area contributed by atoms with Crippen molar-refractivity contribution in [2.45, 2.75) is 25.5 Å². The van der Waals surface area contributed by atoms with Crippen LogP contribution in [0.3, 0.4) is 0 Å². The number of nitrogens with two attached hydrogens (primary N) is 1. The second-order valence-corrected chi connectivity index (χ2v) is 5.12. The molecule has 1 aromatic heterocycles. The molecule has 13 heavy (non-hydrogen) atoms. The first-order valence-corrected chi connectivity index (χ1v) is 5.53. The van der Waals surface area contributed by atoms with Crippen molar-refractivity contribution in [3.8, 4) is 0 Å². The lowest BCUT2D eigenvalue weighted by atomic mass is 10.4. The largest absolute Gasteiger partial charge is 0.396 e. The van der Waals surface area contributed by atoms with E-state index in [2.05, 4.69) is 5.10 Å². The molecule has 0 fully saturated rings. The van der Waals surface area contributed by atoms with Crippen LogP contribution in [0.25, 0.3) is 0 Å². The highest BCUT2D eigenvalue weighted by molar-refractivity contribution is 7.90. The van der Waals surface area contributed by atoms with Crippen LogP contribution >= 0.6 is 0 Å². The Morgan fingerprint density at radius 1 is 1.69 bits per heavy atom. The summed E-state index contributed by atoms with van der Waals surface area (Å²) in [7, 11) is -3.34. The predicted molar refractivity (Wildman–Crippen MR) is 50.7 cm³/mol. The topological polar surface area (TPSA) is 78.0 Å². The standard InChI is InChI=1S/C7H13N3O2S/c1-3-6(2)13(11,12)10-5-7(8)4-9-10/h4-6H,3,8H2,1-2H3. The SMILES string of the molecule is CCC(C)S(=O)(=O)n1cc(N)cn1. The average Bonchev–Trinajstić information content (AvgIpc) is 2.50. The molecule has 0 amide bonds. The van der Waals surface area contributed by atoms with E-state index in [4.69, 9.17) is 5.73 Å². The molecule has 1 rings (SSSR count). The molecule has 0 radical (unpaired) electrons. The average molecular weight is 203 g/mol. The van der Waals surface area contributed by atoms with E-state index >= 15 is 0 Å². The Balaban J connectivity index is 3.08. The maximum Gasteiger partial charge on any atom is 0.256 e. The smallest absolute Gasteiger partial charge is 0.256 e. The summed E-state index contributed by atoms with van der Waals surface area (Å²) in [4.78, 5) is 0. The summed E-state index contributed by atoms with van der Waals surface area (Å²) in [5, 5.41) is 3.22. The Morgan fingerprint density at radius 2 is 2.31 bits per heavy atom. The maximum atomic E-state index is 11.6. The van der Waals surface area contributed by atoms with Crippen LogP contribution in [0, 0.1) is 0 Å². The van der Waals surface area contributed by atoms with Gasteiger partial charge in [0.1, 0.15) is 0 Å². The molecule has 0 aliphatic rings. The minimum absolute atomic E-state index is 0.354. The van der Waals surface area contributed by atoms with Gasteiger partial charge in [0.2, 0.25) is 0 Å². The molecular weight excluding hydrogens is 190 g/mol. The highest BCUT2D eigenvalue weighted by atomic mass is 32.2. The second kappa shape index (κ2) is 3.37. The molecular formula is C7H13N3O2S. The van der Waals surface area contributed by atoms with Crippen molar-refractivity contribution in [1.29, 1.82) is 0 Å². The Kier molecular flexibility index (Phi) is 2.60. The van der Waals surface area contributed by atoms with E-state index in [1.54, 1.807) is 6.92 Å². The molecule has 74 valence electrons. The third-order valence-electron chi connectivity index (χ3n) is 1.92. The number of rotatable bonds is 3. The first-order valence-electron chi connectivity index (χ1n) is 4.03. The van der Waals surface area contributed by atoms with E-state index in [-0.39, 0.29) is 0 Å². The maximum absolute atomic E-state index is 11.6. The van der Waals surface area contributed by atoms with Gasteiger partial charge in [-0.25, -0.2) is 8.42 Å². The van der Waals surface area contributed by atoms with Gasteiger partial charge in [-0.05, 0) is 13.3 Å². The van der Waals surface area contributed by atoms with Gasteiger partial charge in [-0.15, -0.1) is 0 Å². The number of nitrogens with zero attached hydrogens (tertiary/aromatic N) is 2. The van der Waals surface area contributed by atoms with Crippen LogP contribution in [-0.2, 0) is 10.0 Å². The summed E-state index contributed by atoms with van der Waals surface area (Å²) in [5.41, 5.74) is 5.72. The molecule has 0 aliphatic heterocycles. The molecule has 0 saturated carbocycles.